The Hall–Kier alpha value is -4.48. The van der Waals surface area contributed by atoms with E-state index in [0.717, 1.165) is 0 Å². The third-order valence-electron chi connectivity index (χ3n) is 3.63. The summed E-state index contributed by atoms with van der Waals surface area (Å²) in [6, 6.07) is 7.65. The third-order valence-corrected chi connectivity index (χ3v) is 3.63. The molecule has 0 saturated carbocycles. The first-order valence-electron chi connectivity index (χ1n) is 8.67. The fourth-order valence-electron chi connectivity index (χ4n) is 2.24. The Balaban J connectivity index is 0.000000311. The summed E-state index contributed by atoms with van der Waals surface area (Å²) in [6.45, 7) is 2.99. The molecule has 2 aromatic rings. The molecule has 162 valence electrons. The van der Waals surface area contributed by atoms with Crippen molar-refractivity contribution in [1.29, 1.82) is 0 Å². The molecule has 0 aliphatic rings. The van der Waals surface area contributed by atoms with Crippen molar-refractivity contribution in [1.82, 2.24) is 0 Å². The average Bonchev–Trinajstić information content (AvgIpc) is 2.72. The highest BCUT2D eigenvalue weighted by Gasteiger charge is 2.14. The van der Waals surface area contributed by atoms with Gasteiger partial charge in [0.2, 0.25) is 11.8 Å². The summed E-state index contributed by atoms with van der Waals surface area (Å²) in [5, 5.41) is 25.9. The number of aldehydes is 2. The smallest absolute Gasteiger partial charge is 0.280 e. The number of anilines is 2. The minimum atomic E-state index is -0.652. The summed E-state index contributed by atoms with van der Waals surface area (Å²) in [4.78, 5) is 62.6. The van der Waals surface area contributed by atoms with Gasteiger partial charge in [0.05, 0.1) is 21.0 Å². The second-order valence-electron chi connectivity index (χ2n) is 5.88. The topological polar surface area (TPSA) is 179 Å². The number of amides is 2. The molecule has 0 bridgehead atoms. The zero-order chi connectivity index (χ0) is 23.6. The molecule has 12 heteroatoms. The van der Waals surface area contributed by atoms with Crippen molar-refractivity contribution in [2.75, 3.05) is 10.6 Å². The van der Waals surface area contributed by atoms with Crippen LogP contribution in [0.4, 0.5) is 22.7 Å². The fourth-order valence-corrected chi connectivity index (χ4v) is 2.24. The number of carbonyl (C=O) groups is 4. The lowest BCUT2D eigenvalue weighted by Gasteiger charge is -2.04. The summed E-state index contributed by atoms with van der Waals surface area (Å²) in [6.07, 6.45) is 1.07. The standard InChI is InChI=1S/C10H10N2O4.C9H8N2O4/c1-2-10(14)11-8-3-4-9(12(15)16)7(5-8)6-13;1-6(13)10-8-2-3-9(11(14)15)7(4-8)5-12/h3-6H,2H2,1H3,(H,11,14);2-5H,1H3,(H,10,13). The van der Waals surface area contributed by atoms with E-state index in [1.165, 1.54) is 43.3 Å². The van der Waals surface area contributed by atoms with Crippen LogP contribution in [0.3, 0.4) is 0 Å². The summed E-state index contributed by atoms with van der Waals surface area (Å²) in [7, 11) is 0. The predicted molar refractivity (Wildman–Crippen MR) is 110 cm³/mol. The number of nitro groups is 2. The average molecular weight is 430 g/mol. The first-order chi connectivity index (χ1) is 14.6. The molecule has 31 heavy (non-hydrogen) atoms. The van der Waals surface area contributed by atoms with E-state index in [9.17, 15) is 39.4 Å². The first kappa shape index (κ1) is 24.6. The highest BCUT2D eigenvalue weighted by Crippen LogP contribution is 2.22. The Morgan fingerprint density at radius 1 is 0.871 bits per heavy atom. The van der Waals surface area contributed by atoms with E-state index in [-0.39, 0.29) is 34.3 Å². The van der Waals surface area contributed by atoms with Crippen molar-refractivity contribution in [3.8, 4) is 0 Å². The number of nitrogens with zero attached hydrogens (tertiary/aromatic N) is 2. The van der Waals surface area contributed by atoms with Crippen molar-refractivity contribution in [2.45, 2.75) is 20.3 Å². The van der Waals surface area contributed by atoms with Gasteiger partial charge in [-0.15, -0.1) is 0 Å². The number of carbonyl (C=O) groups excluding carboxylic acids is 4. The highest BCUT2D eigenvalue weighted by atomic mass is 16.6. The molecule has 0 heterocycles. The molecule has 0 aliphatic carbocycles. The van der Waals surface area contributed by atoms with Crippen molar-refractivity contribution in [3.63, 3.8) is 0 Å². The van der Waals surface area contributed by atoms with E-state index >= 15 is 0 Å². The first-order valence-corrected chi connectivity index (χ1v) is 8.67. The Kier molecular flexibility index (Phi) is 9.11. The number of nitro benzene ring substituents is 2. The third kappa shape index (κ3) is 7.45. The summed E-state index contributed by atoms with van der Waals surface area (Å²) >= 11 is 0. The van der Waals surface area contributed by atoms with Crippen molar-refractivity contribution >= 4 is 47.1 Å². The molecule has 2 aromatic carbocycles. The maximum absolute atomic E-state index is 11.1. The number of nitrogens with one attached hydrogen (secondary N) is 2. The molecule has 0 saturated heterocycles. The van der Waals surface area contributed by atoms with Gasteiger partial charge in [-0.3, -0.25) is 39.4 Å². The van der Waals surface area contributed by atoms with E-state index in [4.69, 9.17) is 0 Å². The molecule has 0 radical (unpaired) electrons. The second kappa shape index (κ2) is 11.5. The monoisotopic (exact) mass is 430 g/mol. The summed E-state index contributed by atoms with van der Waals surface area (Å²) in [5.74, 6) is -0.522. The lowest BCUT2D eigenvalue weighted by Crippen LogP contribution is -2.09. The van der Waals surface area contributed by atoms with Crippen LogP contribution in [0.1, 0.15) is 41.0 Å². The Morgan fingerprint density at radius 2 is 1.29 bits per heavy atom. The van der Waals surface area contributed by atoms with E-state index < -0.39 is 9.85 Å². The molecule has 0 atom stereocenters. The normalized spacial score (nSPS) is 9.48. The minimum Gasteiger partial charge on any atom is -0.326 e. The fraction of sp³-hybridized carbons (Fsp3) is 0.158. The Labute approximate surface area is 175 Å². The van der Waals surface area contributed by atoms with Gasteiger partial charge in [-0.1, -0.05) is 6.92 Å². The van der Waals surface area contributed by atoms with Gasteiger partial charge in [-0.05, 0) is 24.3 Å². The van der Waals surface area contributed by atoms with Gasteiger partial charge in [0.25, 0.3) is 11.4 Å². The molecular formula is C19H18N4O8. The van der Waals surface area contributed by atoms with Gasteiger partial charge in [0.15, 0.2) is 12.6 Å². The maximum Gasteiger partial charge on any atom is 0.280 e. The lowest BCUT2D eigenvalue weighted by atomic mass is 10.1. The van der Waals surface area contributed by atoms with Gasteiger partial charge < -0.3 is 10.6 Å². The van der Waals surface area contributed by atoms with E-state index in [2.05, 4.69) is 10.6 Å². The van der Waals surface area contributed by atoms with Crippen LogP contribution in [0.5, 0.6) is 0 Å². The van der Waals surface area contributed by atoms with Crippen LogP contribution >= 0.6 is 0 Å². The van der Waals surface area contributed by atoms with Crippen molar-refractivity contribution < 1.29 is 29.0 Å². The van der Waals surface area contributed by atoms with Crippen molar-refractivity contribution in [3.05, 3.63) is 67.8 Å². The lowest BCUT2D eigenvalue weighted by molar-refractivity contribution is -0.385. The van der Waals surface area contributed by atoms with Crippen LogP contribution in [0, 0.1) is 20.2 Å². The zero-order valence-electron chi connectivity index (χ0n) is 16.5. The molecule has 0 fully saturated rings. The van der Waals surface area contributed by atoms with Crippen molar-refractivity contribution in [2.24, 2.45) is 0 Å². The van der Waals surface area contributed by atoms with Gasteiger partial charge in [-0.25, -0.2) is 0 Å². The van der Waals surface area contributed by atoms with E-state index in [1.807, 2.05) is 0 Å². The van der Waals surface area contributed by atoms with Crippen LogP contribution in [0.2, 0.25) is 0 Å². The van der Waals surface area contributed by atoms with Gasteiger partial charge in [0, 0.05) is 36.9 Å². The Morgan fingerprint density at radius 3 is 1.61 bits per heavy atom. The van der Waals surface area contributed by atoms with Crippen LogP contribution in [0.25, 0.3) is 0 Å². The molecule has 0 aliphatic heterocycles. The number of rotatable bonds is 7. The second-order valence-corrected chi connectivity index (χ2v) is 5.88. The molecular weight excluding hydrogens is 412 g/mol. The zero-order valence-corrected chi connectivity index (χ0v) is 16.5. The van der Waals surface area contributed by atoms with Gasteiger partial charge in [0.1, 0.15) is 0 Å². The SMILES string of the molecule is CC(=O)Nc1ccc([N+](=O)[O-])c(C=O)c1.CCC(=O)Nc1ccc([N+](=O)[O-])c(C=O)c1. The van der Waals surface area contributed by atoms with Crippen LogP contribution in [-0.4, -0.2) is 34.2 Å². The molecule has 0 aromatic heterocycles. The van der Waals surface area contributed by atoms with Gasteiger partial charge in [-0.2, -0.15) is 0 Å². The van der Waals surface area contributed by atoms with Crippen LogP contribution < -0.4 is 10.6 Å². The van der Waals surface area contributed by atoms with E-state index in [0.29, 0.717) is 30.4 Å². The maximum atomic E-state index is 11.1. The minimum absolute atomic E-state index is 0.0566. The summed E-state index contributed by atoms with van der Waals surface area (Å²) < 4.78 is 0. The number of hydrogen-bond acceptors (Lipinski definition) is 8. The molecule has 2 N–H and O–H groups in total. The quantitative estimate of drug-likeness (QED) is 0.382. The molecule has 0 spiro atoms. The largest absolute Gasteiger partial charge is 0.326 e. The van der Waals surface area contributed by atoms with E-state index in [1.54, 1.807) is 6.92 Å². The Bertz CT molecular complexity index is 1040. The molecule has 0 unspecified atom stereocenters. The molecule has 2 amide bonds. The molecule has 12 nitrogen and oxygen atoms in total. The van der Waals surface area contributed by atoms with Gasteiger partial charge >= 0.3 is 0 Å². The summed E-state index contributed by atoms with van der Waals surface area (Å²) in [5.41, 5.74) is 0.0588. The van der Waals surface area contributed by atoms with Crippen LogP contribution in [0.15, 0.2) is 36.4 Å². The number of hydrogen-bond donors (Lipinski definition) is 2. The number of benzene rings is 2. The molecule has 2 rings (SSSR count). The predicted octanol–water partition coefficient (Wildman–Crippen LogP) is 3.12. The highest BCUT2D eigenvalue weighted by molar-refractivity contribution is 5.93. The van der Waals surface area contributed by atoms with Crippen LogP contribution in [-0.2, 0) is 9.59 Å².